The molecule has 0 bridgehead atoms. The van der Waals surface area contributed by atoms with Crippen LogP contribution in [-0.2, 0) is 65.4 Å². The van der Waals surface area contributed by atoms with Crippen LogP contribution in [0.1, 0.15) is 401 Å². The highest BCUT2D eigenvalue weighted by molar-refractivity contribution is 7.47. The van der Waals surface area contributed by atoms with E-state index in [1.807, 2.05) is 0 Å². The number of aliphatic hydroxyl groups is 1. The van der Waals surface area contributed by atoms with Gasteiger partial charge in [0.1, 0.15) is 19.3 Å². The molecule has 0 saturated carbocycles. The molecular weight excluding hydrogens is 1260 g/mol. The van der Waals surface area contributed by atoms with E-state index >= 15 is 0 Å². The van der Waals surface area contributed by atoms with Gasteiger partial charge in [0.25, 0.3) is 0 Å². The Morgan fingerprint density at radius 3 is 0.708 bits per heavy atom. The van der Waals surface area contributed by atoms with Crippen molar-refractivity contribution in [2.75, 3.05) is 39.6 Å². The Labute approximate surface area is 588 Å². The van der Waals surface area contributed by atoms with E-state index in [9.17, 15) is 43.2 Å². The Bertz CT molecular complexity index is 1860. The molecule has 0 aliphatic carbocycles. The molecule has 0 rings (SSSR count). The van der Waals surface area contributed by atoms with E-state index in [1.54, 1.807) is 0 Å². The highest BCUT2D eigenvalue weighted by Gasteiger charge is 2.30. The number of esters is 4. The lowest BCUT2D eigenvalue weighted by atomic mass is 10.0. The Balaban J connectivity index is 5.24. The van der Waals surface area contributed by atoms with Gasteiger partial charge in [-0.3, -0.25) is 37.3 Å². The smallest absolute Gasteiger partial charge is 0.462 e. The van der Waals surface area contributed by atoms with Crippen molar-refractivity contribution in [3.8, 4) is 0 Å². The number of unbranched alkanes of at least 4 members (excludes halogenated alkanes) is 46. The minimum Gasteiger partial charge on any atom is -0.462 e. The summed E-state index contributed by atoms with van der Waals surface area (Å²) in [5.74, 6) is -0.526. The van der Waals surface area contributed by atoms with Gasteiger partial charge in [0.15, 0.2) is 12.2 Å². The van der Waals surface area contributed by atoms with Gasteiger partial charge < -0.3 is 33.8 Å². The lowest BCUT2D eigenvalue weighted by molar-refractivity contribution is -0.161. The van der Waals surface area contributed by atoms with Crippen LogP contribution in [0.4, 0.5) is 0 Å². The van der Waals surface area contributed by atoms with Crippen LogP contribution in [0.15, 0.2) is 0 Å². The molecular formula is C77H150O17P2. The van der Waals surface area contributed by atoms with Crippen molar-refractivity contribution < 1.29 is 80.2 Å². The molecule has 0 aromatic rings. The Hall–Kier alpha value is -1.94. The number of rotatable bonds is 76. The second-order valence-corrected chi connectivity index (χ2v) is 31.6. The second kappa shape index (κ2) is 68.8. The maximum atomic E-state index is 13.1. The van der Waals surface area contributed by atoms with E-state index < -0.39 is 97.5 Å². The zero-order valence-electron chi connectivity index (χ0n) is 62.7. The summed E-state index contributed by atoms with van der Waals surface area (Å²) in [6.45, 7) is 9.64. The SMILES string of the molecule is CCCCCCCCCCCCCCCC(=O)O[C@H](COC(=O)CCCCCCCCCCCC)COP(=O)(O)OC[C@H](O)COP(=O)(O)OC[C@@H](COC(=O)CCCCCCCCCCCCCCCC(C)C)OC(=O)CCCCCCCCCCCCCCCCC(C)C. The number of aliphatic hydroxyl groups excluding tert-OH is 1. The van der Waals surface area contributed by atoms with Crippen LogP contribution in [0.5, 0.6) is 0 Å². The van der Waals surface area contributed by atoms with E-state index in [1.165, 1.54) is 218 Å². The minimum absolute atomic E-state index is 0.108. The number of hydrogen-bond acceptors (Lipinski definition) is 15. The number of hydrogen-bond donors (Lipinski definition) is 3. The highest BCUT2D eigenvalue weighted by atomic mass is 31.2. The van der Waals surface area contributed by atoms with Gasteiger partial charge in [-0.15, -0.1) is 0 Å². The lowest BCUT2D eigenvalue weighted by Crippen LogP contribution is -2.30. The van der Waals surface area contributed by atoms with Gasteiger partial charge in [-0.1, -0.05) is 350 Å². The number of phosphoric acid groups is 2. The van der Waals surface area contributed by atoms with Crippen molar-refractivity contribution in [3.63, 3.8) is 0 Å². The van der Waals surface area contributed by atoms with Crippen LogP contribution in [0, 0.1) is 11.8 Å². The predicted molar refractivity (Wildman–Crippen MR) is 391 cm³/mol. The predicted octanol–water partition coefficient (Wildman–Crippen LogP) is 22.7. The molecule has 17 nitrogen and oxygen atoms in total. The van der Waals surface area contributed by atoms with Crippen molar-refractivity contribution in [2.24, 2.45) is 11.8 Å². The molecule has 0 aliphatic heterocycles. The van der Waals surface area contributed by atoms with Gasteiger partial charge in [-0.05, 0) is 37.5 Å². The first-order valence-corrected chi connectivity index (χ1v) is 43.0. The fraction of sp³-hybridized carbons (Fsp3) is 0.948. The van der Waals surface area contributed by atoms with Crippen molar-refractivity contribution in [2.45, 2.75) is 419 Å². The average molecular weight is 1410 g/mol. The average Bonchev–Trinajstić information content (AvgIpc) is 1.19. The zero-order chi connectivity index (χ0) is 70.7. The van der Waals surface area contributed by atoms with Crippen molar-refractivity contribution in [1.29, 1.82) is 0 Å². The van der Waals surface area contributed by atoms with E-state index in [0.29, 0.717) is 25.7 Å². The molecule has 0 spiro atoms. The summed E-state index contributed by atoms with van der Waals surface area (Å²) >= 11 is 0. The summed E-state index contributed by atoms with van der Waals surface area (Å²) in [5.41, 5.74) is 0. The van der Waals surface area contributed by atoms with Crippen LogP contribution in [0.25, 0.3) is 0 Å². The first-order valence-electron chi connectivity index (χ1n) is 40.0. The molecule has 0 aromatic carbocycles. The quantitative estimate of drug-likeness (QED) is 0.0222. The molecule has 0 aromatic heterocycles. The number of ether oxygens (including phenoxy) is 4. The number of phosphoric ester groups is 2. The molecule has 0 amide bonds. The fourth-order valence-corrected chi connectivity index (χ4v) is 13.4. The van der Waals surface area contributed by atoms with Crippen LogP contribution >= 0.6 is 15.6 Å². The van der Waals surface area contributed by atoms with Gasteiger partial charge in [0, 0.05) is 25.7 Å². The Kier molecular flexibility index (Phi) is 67.4. The summed E-state index contributed by atoms with van der Waals surface area (Å²) in [5, 5.41) is 10.6. The third-order valence-electron chi connectivity index (χ3n) is 18.0. The second-order valence-electron chi connectivity index (χ2n) is 28.7. The van der Waals surface area contributed by atoms with Crippen molar-refractivity contribution >= 4 is 39.5 Å². The topological polar surface area (TPSA) is 237 Å². The zero-order valence-corrected chi connectivity index (χ0v) is 64.5. The molecule has 5 atom stereocenters. The van der Waals surface area contributed by atoms with Gasteiger partial charge in [0.05, 0.1) is 26.4 Å². The van der Waals surface area contributed by atoms with Crippen LogP contribution in [0.2, 0.25) is 0 Å². The molecule has 0 heterocycles. The summed E-state index contributed by atoms with van der Waals surface area (Å²) < 4.78 is 68.6. The number of carbonyl (C=O) groups excluding carboxylic acids is 4. The largest absolute Gasteiger partial charge is 0.472 e. The first kappa shape index (κ1) is 94.1. The van der Waals surface area contributed by atoms with Crippen LogP contribution in [-0.4, -0.2) is 96.7 Å². The molecule has 2 unspecified atom stereocenters. The van der Waals surface area contributed by atoms with Gasteiger partial charge >= 0.3 is 39.5 Å². The normalized spacial score (nSPS) is 14.0. The molecule has 96 heavy (non-hydrogen) atoms. The van der Waals surface area contributed by atoms with E-state index in [2.05, 4.69) is 41.5 Å². The van der Waals surface area contributed by atoms with E-state index in [-0.39, 0.29) is 25.7 Å². The van der Waals surface area contributed by atoms with Crippen molar-refractivity contribution in [1.82, 2.24) is 0 Å². The van der Waals surface area contributed by atoms with Crippen molar-refractivity contribution in [3.05, 3.63) is 0 Å². The summed E-state index contributed by atoms with van der Waals surface area (Å²) in [7, 11) is -9.91. The summed E-state index contributed by atoms with van der Waals surface area (Å²) in [6.07, 6.45) is 56.7. The molecule has 0 radical (unpaired) electrons. The van der Waals surface area contributed by atoms with Crippen LogP contribution < -0.4 is 0 Å². The summed E-state index contributed by atoms with van der Waals surface area (Å²) in [4.78, 5) is 72.8. The lowest BCUT2D eigenvalue weighted by Gasteiger charge is -2.21. The molecule has 0 aliphatic rings. The minimum atomic E-state index is -4.96. The van der Waals surface area contributed by atoms with Gasteiger partial charge in [-0.25, -0.2) is 9.13 Å². The summed E-state index contributed by atoms with van der Waals surface area (Å²) in [6, 6.07) is 0. The third kappa shape index (κ3) is 70.5. The monoisotopic (exact) mass is 1410 g/mol. The van der Waals surface area contributed by atoms with Crippen LogP contribution in [0.3, 0.4) is 0 Å². The molecule has 3 N–H and O–H groups in total. The molecule has 0 saturated heterocycles. The highest BCUT2D eigenvalue weighted by Crippen LogP contribution is 2.45. The van der Waals surface area contributed by atoms with E-state index in [4.69, 9.17) is 37.0 Å². The molecule has 570 valence electrons. The Morgan fingerprint density at radius 2 is 0.479 bits per heavy atom. The standard InChI is InChI=1S/C77H150O17P2/c1-7-9-11-13-15-17-19-23-31-37-43-49-55-61-76(81)93-72(65-87-74(79)59-53-47-41-35-18-16-14-12-10-8-2)67-91-95(83,84)89-63-71(78)64-90-96(85,86)92-68-73(66-88-75(80)60-54-48-42-36-30-27-22-25-29-34-40-46-52-58-70(5)6)94-77(82)62-56-50-44-38-32-26-21-20-24-28-33-39-45-51-57-69(3)4/h69-73,78H,7-68H2,1-6H3,(H,83,84)(H,85,86)/t71-,72+,73+/m0/s1. The Morgan fingerprint density at radius 1 is 0.281 bits per heavy atom. The third-order valence-corrected chi connectivity index (χ3v) is 19.9. The maximum absolute atomic E-state index is 13.1. The number of carbonyl (C=O) groups is 4. The van der Waals surface area contributed by atoms with E-state index in [0.717, 1.165) is 102 Å². The maximum Gasteiger partial charge on any atom is 0.472 e. The first-order chi connectivity index (χ1) is 46.4. The van der Waals surface area contributed by atoms with Gasteiger partial charge in [0.2, 0.25) is 0 Å². The molecule has 19 heteroatoms. The fourth-order valence-electron chi connectivity index (χ4n) is 11.8. The van der Waals surface area contributed by atoms with Gasteiger partial charge in [-0.2, -0.15) is 0 Å². The molecule has 0 fully saturated rings.